The van der Waals surface area contributed by atoms with Gasteiger partial charge in [0.1, 0.15) is 5.01 Å². The number of ether oxygens (including phenoxy) is 1. The molecular formula is C11H19ClN2OS. The standard InChI is InChI=1S/C11H18N2OS.ClH/c1-2-12-6-11-13-10(8-15-11)9-4-3-5-14-7-9;/h8-9,12H,2-7H2,1H3;1H. The third-order valence-electron chi connectivity index (χ3n) is 2.67. The highest BCUT2D eigenvalue weighted by Crippen LogP contribution is 2.26. The largest absolute Gasteiger partial charge is 0.381 e. The van der Waals surface area contributed by atoms with E-state index in [2.05, 4.69) is 22.6 Å². The Morgan fingerprint density at radius 2 is 2.50 bits per heavy atom. The maximum absolute atomic E-state index is 5.48. The van der Waals surface area contributed by atoms with Gasteiger partial charge < -0.3 is 10.1 Å². The van der Waals surface area contributed by atoms with E-state index >= 15 is 0 Å². The van der Waals surface area contributed by atoms with Gasteiger partial charge >= 0.3 is 0 Å². The van der Waals surface area contributed by atoms with Crippen LogP contribution in [0.1, 0.15) is 36.4 Å². The molecule has 0 amide bonds. The summed E-state index contributed by atoms with van der Waals surface area (Å²) in [6, 6.07) is 0. The zero-order valence-electron chi connectivity index (χ0n) is 9.57. The maximum atomic E-state index is 5.48. The number of hydrogen-bond donors (Lipinski definition) is 1. The topological polar surface area (TPSA) is 34.2 Å². The molecule has 3 nitrogen and oxygen atoms in total. The van der Waals surface area contributed by atoms with Crippen molar-refractivity contribution >= 4 is 23.7 Å². The first kappa shape index (κ1) is 13.9. The summed E-state index contributed by atoms with van der Waals surface area (Å²) in [6.07, 6.45) is 2.40. The minimum absolute atomic E-state index is 0. The molecule has 92 valence electrons. The Morgan fingerprint density at radius 1 is 1.62 bits per heavy atom. The van der Waals surface area contributed by atoms with E-state index in [0.717, 1.165) is 26.3 Å². The first-order valence-electron chi connectivity index (χ1n) is 5.63. The SMILES string of the molecule is CCNCc1nc(C2CCCOC2)cs1.Cl. The van der Waals surface area contributed by atoms with Crippen molar-refractivity contribution in [3.63, 3.8) is 0 Å². The van der Waals surface area contributed by atoms with Gasteiger partial charge in [-0.1, -0.05) is 6.92 Å². The predicted octanol–water partition coefficient (Wildman–Crippen LogP) is 2.57. The fourth-order valence-corrected chi connectivity index (χ4v) is 2.65. The Morgan fingerprint density at radius 3 is 3.19 bits per heavy atom. The van der Waals surface area contributed by atoms with Gasteiger partial charge in [-0.3, -0.25) is 0 Å². The summed E-state index contributed by atoms with van der Waals surface area (Å²) >= 11 is 1.75. The van der Waals surface area contributed by atoms with E-state index in [4.69, 9.17) is 4.74 Å². The monoisotopic (exact) mass is 262 g/mol. The van der Waals surface area contributed by atoms with Gasteiger partial charge in [-0.15, -0.1) is 23.7 Å². The van der Waals surface area contributed by atoms with Crippen LogP contribution >= 0.6 is 23.7 Å². The van der Waals surface area contributed by atoms with Gasteiger partial charge in [-0.25, -0.2) is 4.98 Å². The fourth-order valence-electron chi connectivity index (χ4n) is 1.80. The summed E-state index contributed by atoms with van der Waals surface area (Å²) in [5.74, 6) is 0.533. The molecule has 2 heterocycles. The summed E-state index contributed by atoms with van der Waals surface area (Å²) in [5.41, 5.74) is 1.23. The maximum Gasteiger partial charge on any atom is 0.107 e. The normalized spacial score (nSPS) is 20.4. The number of aromatic nitrogens is 1. The number of nitrogens with one attached hydrogen (secondary N) is 1. The second-order valence-corrected chi connectivity index (χ2v) is 4.80. The zero-order chi connectivity index (χ0) is 10.5. The van der Waals surface area contributed by atoms with Gasteiger partial charge in [0.25, 0.3) is 0 Å². The molecule has 0 radical (unpaired) electrons. The molecule has 0 bridgehead atoms. The van der Waals surface area contributed by atoms with Crippen LogP contribution in [0, 0.1) is 0 Å². The Balaban J connectivity index is 0.00000128. The molecule has 0 saturated carbocycles. The number of nitrogens with zero attached hydrogens (tertiary/aromatic N) is 1. The molecule has 0 spiro atoms. The number of hydrogen-bond acceptors (Lipinski definition) is 4. The minimum atomic E-state index is 0. The smallest absolute Gasteiger partial charge is 0.107 e. The van der Waals surface area contributed by atoms with Crippen LogP contribution in [-0.4, -0.2) is 24.7 Å². The molecule has 1 aliphatic rings. The van der Waals surface area contributed by atoms with E-state index < -0.39 is 0 Å². The van der Waals surface area contributed by atoms with Crippen molar-refractivity contribution in [1.29, 1.82) is 0 Å². The lowest BCUT2D eigenvalue weighted by molar-refractivity contribution is 0.0794. The van der Waals surface area contributed by atoms with Crippen LogP contribution in [0.4, 0.5) is 0 Å². The van der Waals surface area contributed by atoms with E-state index in [1.807, 2.05) is 0 Å². The molecule has 1 saturated heterocycles. The third kappa shape index (κ3) is 3.70. The molecule has 2 rings (SSSR count). The summed E-state index contributed by atoms with van der Waals surface area (Å²) in [4.78, 5) is 4.65. The molecule has 1 aromatic rings. The zero-order valence-corrected chi connectivity index (χ0v) is 11.2. The highest BCUT2D eigenvalue weighted by Gasteiger charge is 2.18. The average Bonchev–Trinajstić information content (AvgIpc) is 2.76. The van der Waals surface area contributed by atoms with Gasteiger partial charge in [0.05, 0.1) is 12.3 Å². The van der Waals surface area contributed by atoms with Crippen molar-refractivity contribution < 1.29 is 4.74 Å². The Labute approximate surface area is 107 Å². The minimum Gasteiger partial charge on any atom is -0.381 e. The Kier molecular flexibility index (Phi) is 6.28. The summed E-state index contributed by atoms with van der Waals surface area (Å²) in [6.45, 7) is 5.79. The van der Waals surface area contributed by atoms with E-state index in [0.29, 0.717) is 5.92 Å². The van der Waals surface area contributed by atoms with Crippen molar-refractivity contribution in [3.05, 3.63) is 16.1 Å². The average molecular weight is 263 g/mol. The summed E-state index contributed by atoms with van der Waals surface area (Å²) < 4.78 is 5.48. The van der Waals surface area contributed by atoms with Crippen LogP contribution in [-0.2, 0) is 11.3 Å². The number of halogens is 1. The van der Waals surface area contributed by atoms with Crippen LogP contribution in [0.2, 0.25) is 0 Å². The molecule has 16 heavy (non-hydrogen) atoms. The molecule has 5 heteroatoms. The molecule has 1 aromatic heterocycles. The van der Waals surface area contributed by atoms with E-state index in [1.54, 1.807) is 11.3 Å². The predicted molar refractivity (Wildman–Crippen MR) is 69.5 cm³/mol. The van der Waals surface area contributed by atoms with Crippen molar-refractivity contribution in [2.45, 2.75) is 32.2 Å². The van der Waals surface area contributed by atoms with Crippen LogP contribution in [0.15, 0.2) is 5.38 Å². The molecule has 1 fully saturated rings. The second-order valence-electron chi connectivity index (χ2n) is 3.86. The van der Waals surface area contributed by atoms with E-state index in [-0.39, 0.29) is 12.4 Å². The molecule has 1 aliphatic heterocycles. The number of rotatable bonds is 4. The van der Waals surface area contributed by atoms with Gasteiger partial charge in [0.15, 0.2) is 0 Å². The fraction of sp³-hybridized carbons (Fsp3) is 0.727. The van der Waals surface area contributed by atoms with Crippen molar-refractivity contribution in [1.82, 2.24) is 10.3 Å². The Bertz CT molecular complexity index is 300. The van der Waals surface area contributed by atoms with Gasteiger partial charge in [-0.2, -0.15) is 0 Å². The first-order valence-corrected chi connectivity index (χ1v) is 6.51. The Hall–Kier alpha value is -0.160. The van der Waals surface area contributed by atoms with Crippen molar-refractivity contribution in [2.75, 3.05) is 19.8 Å². The number of thiazole rings is 1. The second kappa shape index (κ2) is 7.22. The lowest BCUT2D eigenvalue weighted by Crippen LogP contribution is -2.16. The summed E-state index contributed by atoms with van der Waals surface area (Å²) in [5, 5.41) is 6.68. The van der Waals surface area contributed by atoms with E-state index in [1.165, 1.54) is 23.5 Å². The van der Waals surface area contributed by atoms with Gasteiger partial charge in [-0.05, 0) is 19.4 Å². The molecule has 1 atom stereocenters. The van der Waals surface area contributed by atoms with Crippen molar-refractivity contribution in [2.24, 2.45) is 0 Å². The van der Waals surface area contributed by atoms with Crippen LogP contribution < -0.4 is 5.32 Å². The highest BCUT2D eigenvalue weighted by atomic mass is 35.5. The highest BCUT2D eigenvalue weighted by molar-refractivity contribution is 7.09. The van der Waals surface area contributed by atoms with Crippen molar-refractivity contribution in [3.8, 4) is 0 Å². The molecule has 1 N–H and O–H groups in total. The molecular weight excluding hydrogens is 244 g/mol. The van der Waals surface area contributed by atoms with Crippen LogP contribution in [0.25, 0.3) is 0 Å². The molecule has 0 aromatic carbocycles. The summed E-state index contributed by atoms with van der Waals surface area (Å²) in [7, 11) is 0. The first-order chi connectivity index (χ1) is 7.40. The molecule has 1 unspecified atom stereocenters. The lowest BCUT2D eigenvalue weighted by atomic mass is 10.00. The van der Waals surface area contributed by atoms with Gasteiger partial charge in [0, 0.05) is 24.4 Å². The third-order valence-corrected chi connectivity index (χ3v) is 3.54. The lowest BCUT2D eigenvalue weighted by Gasteiger charge is -2.20. The van der Waals surface area contributed by atoms with E-state index in [9.17, 15) is 0 Å². The molecule has 0 aliphatic carbocycles. The van der Waals surface area contributed by atoms with Crippen LogP contribution in [0.5, 0.6) is 0 Å². The van der Waals surface area contributed by atoms with Crippen LogP contribution in [0.3, 0.4) is 0 Å². The quantitative estimate of drug-likeness (QED) is 0.906. The van der Waals surface area contributed by atoms with Gasteiger partial charge in [0.2, 0.25) is 0 Å².